The number of imidazole rings is 1. The van der Waals surface area contributed by atoms with Gasteiger partial charge < -0.3 is 10.3 Å². The van der Waals surface area contributed by atoms with Gasteiger partial charge in [-0.3, -0.25) is 0 Å². The highest BCUT2D eigenvalue weighted by molar-refractivity contribution is 6.34. The van der Waals surface area contributed by atoms with Gasteiger partial charge in [-0.25, -0.2) is 4.98 Å². The van der Waals surface area contributed by atoms with Crippen molar-refractivity contribution < 1.29 is 0 Å². The fourth-order valence-corrected chi connectivity index (χ4v) is 2.17. The zero-order valence-corrected chi connectivity index (χ0v) is 11.0. The van der Waals surface area contributed by atoms with Gasteiger partial charge in [0.2, 0.25) is 0 Å². The lowest BCUT2D eigenvalue weighted by atomic mass is 10.2. The van der Waals surface area contributed by atoms with Gasteiger partial charge in [-0.2, -0.15) is 0 Å². The van der Waals surface area contributed by atoms with E-state index in [1.807, 2.05) is 31.2 Å². The molecule has 2 aromatic heterocycles. The number of fused-ring (bicyclic) bond motifs is 1. The molecule has 0 aliphatic heterocycles. The zero-order chi connectivity index (χ0) is 13.2. The van der Waals surface area contributed by atoms with E-state index < -0.39 is 0 Å². The second-order valence-electron chi connectivity index (χ2n) is 4.23. The normalized spacial score (nSPS) is 12.5. The Bertz CT molecular complexity index is 695. The predicted octanol–water partition coefficient (Wildman–Crippen LogP) is 3.18. The fourth-order valence-electron chi connectivity index (χ4n) is 1.97. The van der Waals surface area contributed by atoms with Gasteiger partial charge in [0, 0.05) is 23.2 Å². The highest BCUT2D eigenvalue weighted by atomic mass is 35.5. The Hall–Kier alpha value is -2.14. The van der Waals surface area contributed by atoms with Crippen LogP contribution in [0, 0.1) is 0 Å². The topological polar surface area (TPSA) is 66.5 Å². The van der Waals surface area contributed by atoms with Crippen LogP contribution < -0.4 is 5.32 Å². The highest BCUT2D eigenvalue weighted by Crippen LogP contribution is 2.27. The standard InChI is InChI=1S/C13H12ClN5/c1-8(12-15-6-7-16-12)17-13-10-5-3-2-4-9(10)11(14)18-19-13/h2-8H,1H3,(H,15,16)(H,17,19). The number of rotatable bonds is 3. The molecule has 0 radical (unpaired) electrons. The quantitative estimate of drug-likeness (QED) is 0.769. The molecule has 0 spiro atoms. The first-order chi connectivity index (χ1) is 9.25. The predicted molar refractivity (Wildman–Crippen MR) is 75.2 cm³/mol. The Balaban J connectivity index is 2.00. The number of hydrogen-bond donors (Lipinski definition) is 2. The fraction of sp³-hybridized carbons (Fsp3) is 0.154. The van der Waals surface area contributed by atoms with E-state index in [4.69, 9.17) is 11.6 Å². The Morgan fingerprint density at radius 2 is 2.00 bits per heavy atom. The summed E-state index contributed by atoms with van der Waals surface area (Å²) < 4.78 is 0. The van der Waals surface area contributed by atoms with Gasteiger partial charge in [0.15, 0.2) is 11.0 Å². The molecule has 6 heteroatoms. The molecule has 0 saturated carbocycles. The number of hydrogen-bond acceptors (Lipinski definition) is 4. The number of nitrogens with one attached hydrogen (secondary N) is 2. The lowest BCUT2D eigenvalue weighted by Gasteiger charge is -2.13. The Morgan fingerprint density at radius 1 is 1.21 bits per heavy atom. The zero-order valence-electron chi connectivity index (χ0n) is 10.3. The Kier molecular flexibility index (Phi) is 3.05. The molecule has 1 unspecified atom stereocenters. The largest absolute Gasteiger partial charge is 0.358 e. The summed E-state index contributed by atoms with van der Waals surface area (Å²) in [6, 6.07) is 7.77. The third-order valence-corrected chi connectivity index (χ3v) is 3.20. The minimum absolute atomic E-state index is 0.00822. The molecule has 19 heavy (non-hydrogen) atoms. The van der Waals surface area contributed by atoms with Gasteiger partial charge in [-0.1, -0.05) is 35.9 Å². The first kappa shape index (κ1) is 11.9. The molecule has 5 nitrogen and oxygen atoms in total. The maximum absolute atomic E-state index is 6.05. The van der Waals surface area contributed by atoms with Crippen LogP contribution >= 0.6 is 11.6 Å². The summed E-state index contributed by atoms with van der Waals surface area (Å²) >= 11 is 6.05. The summed E-state index contributed by atoms with van der Waals surface area (Å²) in [4.78, 5) is 7.29. The van der Waals surface area contributed by atoms with Crippen LogP contribution in [0.5, 0.6) is 0 Å². The molecule has 2 N–H and O–H groups in total. The third-order valence-electron chi connectivity index (χ3n) is 2.92. The number of H-pyrrole nitrogens is 1. The van der Waals surface area contributed by atoms with E-state index in [0.717, 1.165) is 16.6 Å². The second-order valence-corrected chi connectivity index (χ2v) is 4.58. The van der Waals surface area contributed by atoms with Crippen molar-refractivity contribution in [2.24, 2.45) is 0 Å². The maximum atomic E-state index is 6.05. The van der Waals surface area contributed by atoms with Crippen molar-refractivity contribution in [2.45, 2.75) is 13.0 Å². The van der Waals surface area contributed by atoms with E-state index in [2.05, 4.69) is 25.5 Å². The number of anilines is 1. The van der Waals surface area contributed by atoms with Crippen LogP contribution in [0.1, 0.15) is 18.8 Å². The average Bonchev–Trinajstić information content (AvgIpc) is 2.96. The summed E-state index contributed by atoms with van der Waals surface area (Å²) in [7, 11) is 0. The van der Waals surface area contributed by atoms with E-state index in [1.54, 1.807) is 12.4 Å². The third kappa shape index (κ3) is 2.24. The van der Waals surface area contributed by atoms with E-state index in [-0.39, 0.29) is 6.04 Å². The number of aromatic nitrogens is 4. The van der Waals surface area contributed by atoms with Crippen molar-refractivity contribution in [3.8, 4) is 0 Å². The van der Waals surface area contributed by atoms with Crippen LogP contribution in [0.4, 0.5) is 5.82 Å². The van der Waals surface area contributed by atoms with Gasteiger partial charge in [0.25, 0.3) is 0 Å². The van der Waals surface area contributed by atoms with Crippen LogP contribution in [-0.2, 0) is 0 Å². The van der Waals surface area contributed by atoms with Gasteiger partial charge in [0.1, 0.15) is 5.82 Å². The summed E-state index contributed by atoms with van der Waals surface area (Å²) in [5.74, 6) is 1.55. The number of aromatic amines is 1. The van der Waals surface area contributed by atoms with Crippen LogP contribution in [0.3, 0.4) is 0 Å². The molecule has 0 fully saturated rings. The maximum Gasteiger partial charge on any atom is 0.159 e. The lowest BCUT2D eigenvalue weighted by Crippen LogP contribution is -2.10. The molecule has 3 aromatic rings. The van der Waals surface area contributed by atoms with Crippen molar-refractivity contribution in [1.29, 1.82) is 0 Å². The van der Waals surface area contributed by atoms with Crippen LogP contribution in [0.25, 0.3) is 10.8 Å². The molecule has 0 bridgehead atoms. The van der Waals surface area contributed by atoms with Crippen molar-refractivity contribution in [3.63, 3.8) is 0 Å². The summed E-state index contributed by atoms with van der Waals surface area (Å²) in [5.41, 5.74) is 0. The molecule has 2 heterocycles. The van der Waals surface area contributed by atoms with Crippen molar-refractivity contribution >= 4 is 28.2 Å². The second kappa shape index (κ2) is 4.85. The van der Waals surface area contributed by atoms with Crippen LogP contribution in [-0.4, -0.2) is 20.2 Å². The van der Waals surface area contributed by atoms with Crippen molar-refractivity contribution in [3.05, 3.63) is 47.6 Å². The minimum Gasteiger partial charge on any atom is -0.358 e. The van der Waals surface area contributed by atoms with E-state index in [1.165, 1.54) is 0 Å². The first-order valence-electron chi connectivity index (χ1n) is 5.92. The summed E-state index contributed by atoms with van der Waals surface area (Å²) in [6.07, 6.45) is 3.51. The van der Waals surface area contributed by atoms with Crippen LogP contribution in [0.15, 0.2) is 36.7 Å². The molecule has 0 saturated heterocycles. The van der Waals surface area contributed by atoms with Gasteiger partial charge >= 0.3 is 0 Å². The molecule has 0 aliphatic carbocycles. The average molecular weight is 274 g/mol. The van der Waals surface area contributed by atoms with Gasteiger partial charge in [-0.05, 0) is 6.92 Å². The lowest BCUT2D eigenvalue weighted by molar-refractivity contribution is 0.800. The number of benzene rings is 1. The van der Waals surface area contributed by atoms with Crippen molar-refractivity contribution in [1.82, 2.24) is 20.2 Å². The SMILES string of the molecule is CC(Nc1nnc(Cl)c2ccccc12)c1ncc[nH]1. The van der Waals surface area contributed by atoms with Gasteiger partial charge in [-0.15, -0.1) is 10.2 Å². The Morgan fingerprint density at radius 3 is 2.74 bits per heavy atom. The van der Waals surface area contributed by atoms with E-state index >= 15 is 0 Å². The monoisotopic (exact) mass is 273 g/mol. The molecular formula is C13H12ClN5. The summed E-state index contributed by atoms with van der Waals surface area (Å²) in [5, 5.41) is 13.6. The molecular weight excluding hydrogens is 262 g/mol. The molecule has 96 valence electrons. The molecule has 1 atom stereocenters. The van der Waals surface area contributed by atoms with Crippen LogP contribution in [0.2, 0.25) is 5.15 Å². The smallest absolute Gasteiger partial charge is 0.159 e. The van der Waals surface area contributed by atoms with Crippen molar-refractivity contribution in [2.75, 3.05) is 5.32 Å². The minimum atomic E-state index is 0.00822. The van der Waals surface area contributed by atoms with E-state index in [0.29, 0.717) is 11.0 Å². The molecule has 0 amide bonds. The molecule has 3 rings (SSSR count). The Labute approximate surface area is 115 Å². The molecule has 1 aromatic carbocycles. The highest BCUT2D eigenvalue weighted by Gasteiger charge is 2.12. The summed E-state index contributed by atoms with van der Waals surface area (Å²) in [6.45, 7) is 2.00. The number of halogens is 1. The van der Waals surface area contributed by atoms with E-state index in [9.17, 15) is 0 Å². The number of nitrogens with zero attached hydrogens (tertiary/aromatic N) is 3. The first-order valence-corrected chi connectivity index (χ1v) is 6.30. The van der Waals surface area contributed by atoms with Gasteiger partial charge in [0.05, 0.1) is 6.04 Å². The molecule has 0 aliphatic rings.